The maximum absolute atomic E-state index is 12.5. The molecule has 4 rings (SSSR count). The van der Waals surface area contributed by atoms with Gasteiger partial charge < -0.3 is 15.4 Å². The summed E-state index contributed by atoms with van der Waals surface area (Å²) < 4.78 is 6.13. The number of ether oxygens (including phenoxy) is 1. The molecule has 4 nitrogen and oxygen atoms in total. The second-order valence-electron chi connectivity index (χ2n) is 7.43. The number of fused-ring (bicyclic) bond motifs is 3. The van der Waals surface area contributed by atoms with Gasteiger partial charge in [0.05, 0.1) is 6.04 Å². The fraction of sp³-hybridized carbons (Fsp3) is 0.348. The fourth-order valence-corrected chi connectivity index (χ4v) is 4.52. The molecule has 0 fully saturated rings. The first-order chi connectivity index (χ1) is 13.7. The van der Waals surface area contributed by atoms with Crippen LogP contribution in [-0.2, 0) is 4.74 Å². The van der Waals surface area contributed by atoms with Gasteiger partial charge in [0, 0.05) is 41.9 Å². The summed E-state index contributed by atoms with van der Waals surface area (Å²) in [7, 11) is 1.67. The number of benzene rings is 2. The van der Waals surface area contributed by atoms with Crippen LogP contribution >= 0.6 is 15.9 Å². The van der Waals surface area contributed by atoms with Crippen molar-refractivity contribution in [1.82, 2.24) is 5.32 Å². The van der Waals surface area contributed by atoms with E-state index in [0.717, 1.165) is 28.6 Å². The van der Waals surface area contributed by atoms with Crippen molar-refractivity contribution in [1.29, 1.82) is 0 Å². The Kier molecular flexibility index (Phi) is 5.83. The zero-order valence-electron chi connectivity index (χ0n) is 16.0. The number of halogens is 1. The Morgan fingerprint density at radius 2 is 2.07 bits per heavy atom. The molecule has 1 aliphatic carbocycles. The van der Waals surface area contributed by atoms with Crippen LogP contribution in [-0.4, -0.2) is 26.2 Å². The van der Waals surface area contributed by atoms with Crippen LogP contribution in [0.4, 0.5) is 5.69 Å². The SMILES string of the molecule is COCCCNC(=O)c1ccc2c(c1)[C@@H]1C=CC[C@H]1[C@H](c1ccc(Br)cc1)N2. The molecular weight excluding hydrogens is 416 g/mol. The molecule has 2 N–H and O–H groups in total. The minimum Gasteiger partial charge on any atom is -0.385 e. The summed E-state index contributed by atoms with van der Waals surface area (Å²) in [6.45, 7) is 1.28. The van der Waals surface area contributed by atoms with Gasteiger partial charge in [-0.2, -0.15) is 0 Å². The summed E-state index contributed by atoms with van der Waals surface area (Å²) >= 11 is 3.52. The zero-order valence-corrected chi connectivity index (χ0v) is 17.5. The van der Waals surface area contributed by atoms with Gasteiger partial charge in [-0.05, 0) is 60.2 Å². The van der Waals surface area contributed by atoms with Crippen LogP contribution in [0.15, 0.2) is 59.1 Å². The zero-order chi connectivity index (χ0) is 19.5. The minimum absolute atomic E-state index is 0.0209. The van der Waals surface area contributed by atoms with Gasteiger partial charge in [-0.3, -0.25) is 4.79 Å². The van der Waals surface area contributed by atoms with Crippen molar-refractivity contribution in [2.75, 3.05) is 25.6 Å². The number of methoxy groups -OCH3 is 1. The average Bonchev–Trinajstić information content (AvgIpc) is 3.21. The predicted molar refractivity (Wildman–Crippen MR) is 116 cm³/mol. The summed E-state index contributed by atoms with van der Waals surface area (Å²) in [6.07, 6.45) is 6.44. The number of nitrogens with one attached hydrogen (secondary N) is 2. The van der Waals surface area contributed by atoms with Crippen LogP contribution in [0.5, 0.6) is 0 Å². The maximum Gasteiger partial charge on any atom is 0.251 e. The maximum atomic E-state index is 12.5. The highest BCUT2D eigenvalue weighted by atomic mass is 79.9. The molecule has 28 heavy (non-hydrogen) atoms. The van der Waals surface area contributed by atoms with Gasteiger partial charge in [0.15, 0.2) is 0 Å². The lowest BCUT2D eigenvalue weighted by Crippen LogP contribution is -2.30. The lowest BCUT2D eigenvalue weighted by Gasteiger charge is -2.37. The first kappa shape index (κ1) is 19.2. The van der Waals surface area contributed by atoms with Gasteiger partial charge in [-0.15, -0.1) is 0 Å². The Morgan fingerprint density at radius 3 is 2.86 bits per heavy atom. The highest BCUT2D eigenvalue weighted by Gasteiger charge is 2.38. The van der Waals surface area contributed by atoms with E-state index in [1.807, 2.05) is 12.1 Å². The van der Waals surface area contributed by atoms with Gasteiger partial charge >= 0.3 is 0 Å². The Balaban J connectivity index is 1.56. The van der Waals surface area contributed by atoms with E-state index >= 15 is 0 Å². The first-order valence-corrected chi connectivity index (χ1v) is 10.6. The Bertz CT molecular complexity index is 879. The third-order valence-corrected chi connectivity index (χ3v) is 6.19. The van der Waals surface area contributed by atoms with Crippen molar-refractivity contribution in [3.05, 3.63) is 75.8 Å². The molecule has 0 aromatic heterocycles. The van der Waals surface area contributed by atoms with Gasteiger partial charge in [0.25, 0.3) is 5.91 Å². The summed E-state index contributed by atoms with van der Waals surface area (Å²) in [5, 5.41) is 6.71. The fourth-order valence-electron chi connectivity index (χ4n) is 4.26. The van der Waals surface area contributed by atoms with E-state index in [1.165, 1.54) is 11.1 Å². The standard InChI is InChI=1S/C23H25BrN2O2/c1-28-13-3-12-25-23(27)16-8-11-21-20(14-16)18-4-2-5-19(18)22(26-21)15-6-9-17(24)10-7-15/h2,4,6-11,14,18-19,22,26H,3,5,12-13H2,1H3,(H,25,27)/t18-,19-,22+/m1/s1. The number of amides is 1. The topological polar surface area (TPSA) is 50.4 Å². The second-order valence-corrected chi connectivity index (χ2v) is 8.35. The highest BCUT2D eigenvalue weighted by molar-refractivity contribution is 9.10. The van der Waals surface area contributed by atoms with E-state index in [2.05, 4.69) is 69.0 Å². The summed E-state index contributed by atoms with van der Waals surface area (Å²) in [6, 6.07) is 14.9. The molecule has 2 aromatic rings. The molecular formula is C23H25BrN2O2. The Hall–Kier alpha value is -2.11. The van der Waals surface area contributed by atoms with Crippen molar-refractivity contribution >= 4 is 27.5 Å². The van der Waals surface area contributed by atoms with Crippen LogP contribution in [0.2, 0.25) is 0 Å². The lowest BCUT2D eigenvalue weighted by molar-refractivity contribution is 0.0948. The van der Waals surface area contributed by atoms with Crippen LogP contribution in [0, 0.1) is 5.92 Å². The second kappa shape index (κ2) is 8.50. The Morgan fingerprint density at radius 1 is 1.25 bits per heavy atom. The molecule has 0 radical (unpaired) electrons. The van der Waals surface area contributed by atoms with Gasteiger partial charge in [0.1, 0.15) is 0 Å². The van der Waals surface area contributed by atoms with Gasteiger partial charge in [-0.1, -0.05) is 40.2 Å². The minimum atomic E-state index is -0.0209. The first-order valence-electron chi connectivity index (χ1n) is 9.77. The van der Waals surface area contributed by atoms with Crippen LogP contribution in [0.1, 0.15) is 46.3 Å². The average molecular weight is 441 g/mol. The third kappa shape index (κ3) is 3.87. The molecule has 0 unspecified atom stereocenters. The summed E-state index contributed by atoms with van der Waals surface area (Å²) in [5.41, 5.74) is 4.36. The van der Waals surface area contributed by atoms with Crippen LogP contribution < -0.4 is 10.6 Å². The van der Waals surface area contributed by atoms with Gasteiger partial charge in [-0.25, -0.2) is 0 Å². The molecule has 0 spiro atoms. The van der Waals surface area contributed by atoms with Crippen molar-refractivity contribution in [2.24, 2.45) is 5.92 Å². The van der Waals surface area contributed by atoms with E-state index in [-0.39, 0.29) is 11.9 Å². The van der Waals surface area contributed by atoms with Crippen molar-refractivity contribution in [3.63, 3.8) is 0 Å². The lowest BCUT2D eigenvalue weighted by atomic mass is 9.76. The molecule has 1 aliphatic heterocycles. The number of hydrogen-bond donors (Lipinski definition) is 2. The van der Waals surface area contributed by atoms with E-state index < -0.39 is 0 Å². The van der Waals surface area contributed by atoms with E-state index in [1.54, 1.807) is 7.11 Å². The number of carbonyl (C=O) groups excluding carboxylic acids is 1. The van der Waals surface area contributed by atoms with E-state index in [4.69, 9.17) is 4.74 Å². The Labute approximate surface area is 174 Å². The quantitative estimate of drug-likeness (QED) is 0.488. The summed E-state index contributed by atoms with van der Waals surface area (Å²) in [4.78, 5) is 12.5. The molecule has 0 saturated heterocycles. The molecule has 2 aromatic carbocycles. The molecule has 146 valence electrons. The van der Waals surface area contributed by atoms with Crippen LogP contribution in [0.25, 0.3) is 0 Å². The van der Waals surface area contributed by atoms with Crippen molar-refractivity contribution in [2.45, 2.75) is 24.8 Å². The highest BCUT2D eigenvalue weighted by Crippen LogP contribution is 2.49. The predicted octanol–water partition coefficient (Wildman–Crippen LogP) is 5.04. The molecule has 2 aliphatic rings. The molecule has 0 bridgehead atoms. The molecule has 3 atom stereocenters. The van der Waals surface area contributed by atoms with Crippen LogP contribution in [0.3, 0.4) is 0 Å². The van der Waals surface area contributed by atoms with E-state index in [9.17, 15) is 4.79 Å². The molecule has 0 saturated carbocycles. The molecule has 1 amide bonds. The monoisotopic (exact) mass is 440 g/mol. The number of hydrogen-bond acceptors (Lipinski definition) is 3. The van der Waals surface area contributed by atoms with E-state index in [0.29, 0.717) is 25.0 Å². The largest absolute Gasteiger partial charge is 0.385 e. The molecule has 1 heterocycles. The molecule has 5 heteroatoms. The van der Waals surface area contributed by atoms with Gasteiger partial charge in [0.2, 0.25) is 0 Å². The smallest absolute Gasteiger partial charge is 0.251 e. The number of anilines is 1. The number of allylic oxidation sites excluding steroid dienone is 2. The summed E-state index contributed by atoms with van der Waals surface area (Å²) in [5.74, 6) is 0.785. The third-order valence-electron chi connectivity index (χ3n) is 5.66. The number of carbonyl (C=O) groups is 1. The normalized spacial score (nSPS) is 22.3. The van der Waals surface area contributed by atoms with Crippen molar-refractivity contribution < 1.29 is 9.53 Å². The number of rotatable bonds is 6. The van der Waals surface area contributed by atoms with Crippen molar-refractivity contribution in [3.8, 4) is 0 Å².